The summed E-state index contributed by atoms with van der Waals surface area (Å²) < 4.78 is 3.21. The van der Waals surface area contributed by atoms with Crippen LogP contribution in [0, 0.1) is 0 Å². The number of anilines is 2. The van der Waals surface area contributed by atoms with E-state index in [4.69, 9.17) is 5.11 Å². The van der Waals surface area contributed by atoms with Gasteiger partial charge in [0.2, 0.25) is 5.95 Å². The average molecular weight is 361 g/mol. The third kappa shape index (κ3) is 2.93. The van der Waals surface area contributed by atoms with Crippen molar-refractivity contribution in [3.63, 3.8) is 0 Å². The third-order valence-electron chi connectivity index (χ3n) is 4.18. The molecule has 0 atom stereocenters. The molecular weight excluding hydrogens is 346 g/mol. The van der Waals surface area contributed by atoms with E-state index in [1.807, 2.05) is 30.3 Å². The number of para-hydroxylation sites is 1. The monoisotopic (exact) mass is 361 g/mol. The third-order valence-corrected chi connectivity index (χ3v) is 4.18. The van der Waals surface area contributed by atoms with Gasteiger partial charge in [-0.05, 0) is 36.4 Å². The second kappa shape index (κ2) is 6.41. The van der Waals surface area contributed by atoms with Gasteiger partial charge in [0.15, 0.2) is 5.65 Å². The van der Waals surface area contributed by atoms with Gasteiger partial charge in [-0.25, -0.2) is 19.1 Å². The van der Waals surface area contributed by atoms with Crippen LogP contribution in [0.1, 0.15) is 10.4 Å². The lowest BCUT2D eigenvalue weighted by molar-refractivity contribution is 0.0697. The highest BCUT2D eigenvalue weighted by Gasteiger charge is 2.15. The molecule has 8 heteroatoms. The summed E-state index contributed by atoms with van der Waals surface area (Å²) in [5.41, 5.74) is 1.93. The minimum atomic E-state index is -0.990. The number of carboxylic acid groups (broad SMARTS) is 1. The molecule has 0 fully saturated rings. The van der Waals surface area contributed by atoms with Gasteiger partial charge >= 0.3 is 5.97 Å². The van der Waals surface area contributed by atoms with Crippen LogP contribution in [0.25, 0.3) is 16.7 Å². The van der Waals surface area contributed by atoms with Crippen molar-refractivity contribution in [2.24, 2.45) is 7.05 Å². The van der Waals surface area contributed by atoms with Crippen molar-refractivity contribution in [3.05, 3.63) is 76.7 Å². The first-order valence-electron chi connectivity index (χ1n) is 8.15. The van der Waals surface area contributed by atoms with Crippen LogP contribution in [-0.2, 0) is 7.05 Å². The summed E-state index contributed by atoms with van der Waals surface area (Å²) in [6.45, 7) is 0. The lowest BCUT2D eigenvalue weighted by Gasteiger charge is -2.09. The lowest BCUT2D eigenvalue weighted by atomic mass is 10.2. The fourth-order valence-corrected chi connectivity index (χ4v) is 2.84. The van der Waals surface area contributed by atoms with Crippen molar-refractivity contribution < 1.29 is 9.90 Å². The molecule has 8 nitrogen and oxygen atoms in total. The summed E-state index contributed by atoms with van der Waals surface area (Å²) in [5, 5.41) is 12.4. The van der Waals surface area contributed by atoms with E-state index in [1.165, 1.54) is 23.0 Å². The molecular formula is C19H15N5O3. The Labute approximate surface area is 153 Å². The molecule has 2 heterocycles. The largest absolute Gasteiger partial charge is 0.478 e. The van der Waals surface area contributed by atoms with E-state index in [0.29, 0.717) is 22.7 Å². The minimum Gasteiger partial charge on any atom is -0.478 e. The Balaban J connectivity index is 1.78. The van der Waals surface area contributed by atoms with Gasteiger partial charge in [-0.2, -0.15) is 4.98 Å². The zero-order valence-corrected chi connectivity index (χ0v) is 14.3. The number of hydrogen-bond acceptors (Lipinski definition) is 5. The van der Waals surface area contributed by atoms with Crippen molar-refractivity contribution in [2.75, 3.05) is 5.32 Å². The summed E-state index contributed by atoms with van der Waals surface area (Å²) in [6.07, 6.45) is 1.48. The average Bonchev–Trinajstić information content (AvgIpc) is 2.93. The molecule has 0 radical (unpaired) electrons. The van der Waals surface area contributed by atoms with Crippen LogP contribution >= 0.6 is 0 Å². The first-order chi connectivity index (χ1) is 13.0. The fraction of sp³-hybridized carbons (Fsp3) is 0.0526. The van der Waals surface area contributed by atoms with Gasteiger partial charge in [-0.3, -0.25) is 4.79 Å². The normalized spacial score (nSPS) is 10.9. The standard InChI is InChI=1S/C19H15N5O3/c1-23-17(25)15-11-20-19(21-13-9-7-12(8-10-13)18(26)27)22-16(15)24(23)14-5-3-2-4-6-14/h2-11H,1H3,(H,26,27)(H,20,21,22). The highest BCUT2D eigenvalue weighted by Crippen LogP contribution is 2.18. The van der Waals surface area contributed by atoms with E-state index in [0.717, 1.165) is 5.69 Å². The molecule has 0 spiro atoms. The first kappa shape index (κ1) is 16.5. The Hall–Kier alpha value is -3.94. The van der Waals surface area contributed by atoms with E-state index >= 15 is 0 Å². The van der Waals surface area contributed by atoms with E-state index < -0.39 is 5.97 Å². The highest BCUT2D eigenvalue weighted by molar-refractivity contribution is 5.88. The summed E-state index contributed by atoms with van der Waals surface area (Å²) in [7, 11) is 1.68. The van der Waals surface area contributed by atoms with Gasteiger partial charge in [-0.1, -0.05) is 18.2 Å². The molecule has 27 heavy (non-hydrogen) atoms. The molecule has 4 aromatic rings. The number of nitrogens with zero attached hydrogens (tertiary/aromatic N) is 4. The fourth-order valence-electron chi connectivity index (χ4n) is 2.84. The number of nitrogens with one attached hydrogen (secondary N) is 1. The van der Waals surface area contributed by atoms with E-state index in [2.05, 4.69) is 15.3 Å². The highest BCUT2D eigenvalue weighted by atomic mass is 16.4. The Bertz CT molecular complexity index is 1190. The van der Waals surface area contributed by atoms with Crippen molar-refractivity contribution in [1.82, 2.24) is 19.3 Å². The van der Waals surface area contributed by atoms with Crippen molar-refractivity contribution in [1.29, 1.82) is 0 Å². The number of carbonyl (C=O) groups is 1. The van der Waals surface area contributed by atoms with Gasteiger partial charge in [0.25, 0.3) is 5.56 Å². The summed E-state index contributed by atoms with van der Waals surface area (Å²) >= 11 is 0. The zero-order chi connectivity index (χ0) is 19.0. The van der Waals surface area contributed by atoms with E-state index in [-0.39, 0.29) is 11.1 Å². The predicted octanol–water partition coefficient (Wildman–Crippen LogP) is 2.56. The maximum atomic E-state index is 12.5. The Morgan fingerprint density at radius 1 is 1.07 bits per heavy atom. The number of aromatic nitrogens is 4. The SMILES string of the molecule is Cn1c(=O)c2cnc(Nc3ccc(C(=O)O)cc3)nc2n1-c1ccccc1. The maximum Gasteiger partial charge on any atom is 0.335 e. The smallest absolute Gasteiger partial charge is 0.335 e. The van der Waals surface area contributed by atoms with Crippen molar-refractivity contribution >= 4 is 28.6 Å². The number of aromatic carboxylic acids is 1. The van der Waals surface area contributed by atoms with Gasteiger partial charge < -0.3 is 10.4 Å². The van der Waals surface area contributed by atoms with Gasteiger partial charge in [0, 0.05) is 18.9 Å². The minimum absolute atomic E-state index is 0.189. The summed E-state index contributed by atoms with van der Waals surface area (Å²) in [4.78, 5) is 32.1. The van der Waals surface area contributed by atoms with Gasteiger partial charge in [-0.15, -0.1) is 0 Å². The van der Waals surface area contributed by atoms with Crippen LogP contribution in [0.2, 0.25) is 0 Å². The molecule has 0 amide bonds. The number of carboxylic acids is 1. The van der Waals surface area contributed by atoms with Crippen molar-refractivity contribution in [2.45, 2.75) is 0 Å². The van der Waals surface area contributed by atoms with Crippen LogP contribution in [0.4, 0.5) is 11.6 Å². The van der Waals surface area contributed by atoms with Gasteiger partial charge in [0.05, 0.1) is 11.3 Å². The molecule has 0 aliphatic carbocycles. The molecule has 2 aromatic heterocycles. The molecule has 134 valence electrons. The first-order valence-corrected chi connectivity index (χ1v) is 8.15. The van der Waals surface area contributed by atoms with E-state index in [1.54, 1.807) is 23.9 Å². The number of hydrogen-bond donors (Lipinski definition) is 2. The molecule has 0 saturated carbocycles. The Kier molecular flexibility index (Phi) is 3.92. The van der Waals surface area contributed by atoms with Crippen molar-refractivity contribution in [3.8, 4) is 5.69 Å². The predicted molar refractivity (Wildman–Crippen MR) is 101 cm³/mol. The number of fused-ring (bicyclic) bond motifs is 1. The second-order valence-corrected chi connectivity index (χ2v) is 5.91. The summed E-state index contributed by atoms with van der Waals surface area (Å²) in [6, 6.07) is 15.7. The van der Waals surface area contributed by atoms with Crippen LogP contribution in [0.15, 0.2) is 65.6 Å². The molecule has 0 bridgehead atoms. The zero-order valence-electron chi connectivity index (χ0n) is 14.3. The lowest BCUT2D eigenvalue weighted by Crippen LogP contribution is -2.17. The molecule has 4 rings (SSSR count). The van der Waals surface area contributed by atoms with E-state index in [9.17, 15) is 9.59 Å². The molecule has 0 aliphatic heterocycles. The second-order valence-electron chi connectivity index (χ2n) is 5.91. The molecule has 2 aromatic carbocycles. The molecule has 0 aliphatic rings. The molecule has 2 N–H and O–H groups in total. The maximum absolute atomic E-state index is 12.5. The van der Waals surface area contributed by atoms with Crippen LogP contribution in [0.5, 0.6) is 0 Å². The van der Waals surface area contributed by atoms with Crippen LogP contribution in [0.3, 0.4) is 0 Å². The summed E-state index contributed by atoms with van der Waals surface area (Å²) in [5.74, 6) is -0.684. The quantitative estimate of drug-likeness (QED) is 0.579. The van der Waals surface area contributed by atoms with Crippen LogP contribution < -0.4 is 10.9 Å². The number of benzene rings is 2. The Morgan fingerprint density at radius 3 is 2.44 bits per heavy atom. The topological polar surface area (TPSA) is 102 Å². The van der Waals surface area contributed by atoms with Gasteiger partial charge in [0.1, 0.15) is 5.39 Å². The van der Waals surface area contributed by atoms with Crippen LogP contribution in [-0.4, -0.2) is 30.4 Å². The molecule has 0 saturated heterocycles. The Morgan fingerprint density at radius 2 is 1.78 bits per heavy atom. The molecule has 0 unspecified atom stereocenters. The number of rotatable bonds is 4.